The number of aliphatic imine (C=N–C) groups is 1. The molecule has 0 atom stereocenters. The number of hydrogen-bond donors (Lipinski definition) is 4. The van der Waals surface area contributed by atoms with E-state index in [0.29, 0.717) is 48.8 Å². The van der Waals surface area contributed by atoms with E-state index in [1.54, 1.807) is 38.6 Å². The van der Waals surface area contributed by atoms with Crippen LogP contribution in [-0.2, 0) is 9.53 Å². The van der Waals surface area contributed by atoms with Crippen LogP contribution in [0.5, 0.6) is 5.88 Å². The number of aliphatic hydroxyl groups is 1. The van der Waals surface area contributed by atoms with Gasteiger partial charge in [-0.05, 0) is 62.5 Å². The van der Waals surface area contributed by atoms with Crippen LogP contribution in [0.25, 0.3) is 0 Å². The second kappa shape index (κ2) is 13.9. The molecule has 0 bridgehead atoms. The number of aromatic nitrogens is 1. The summed E-state index contributed by atoms with van der Waals surface area (Å²) in [6.45, 7) is 6.41. The molecule has 0 radical (unpaired) electrons. The third-order valence-corrected chi connectivity index (χ3v) is 7.17. The summed E-state index contributed by atoms with van der Waals surface area (Å²) >= 11 is 0. The van der Waals surface area contributed by atoms with E-state index in [2.05, 4.69) is 30.8 Å². The number of anilines is 3. The number of amides is 1. The van der Waals surface area contributed by atoms with E-state index >= 15 is 4.39 Å². The number of allylic oxidation sites excluding steroid dienone is 1. The van der Waals surface area contributed by atoms with Gasteiger partial charge in [-0.1, -0.05) is 6.07 Å². The van der Waals surface area contributed by atoms with Crippen LogP contribution in [0.15, 0.2) is 53.0 Å². The number of likely N-dealkylation sites (tertiary alicyclic amines) is 1. The molecule has 4 rings (SSSR count). The molecular formula is C29H37FN6O4. The predicted octanol–water partition coefficient (Wildman–Crippen LogP) is 4.24. The van der Waals surface area contributed by atoms with Crippen molar-refractivity contribution < 1.29 is 23.8 Å². The monoisotopic (exact) mass is 552 g/mol. The molecule has 0 saturated carbocycles. The number of pyridine rings is 1. The van der Waals surface area contributed by atoms with Crippen molar-refractivity contribution in [1.29, 1.82) is 0 Å². The topological polar surface area (TPSA) is 120 Å². The van der Waals surface area contributed by atoms with Gasteiger partial charge in [0.25, 0.3) is 5.91 Å². The molecule has 1 fully saturated rings. The number of halogens is 1. The van der Waals surface area contributed by atoms with Gasteiger partial charge in [0.05, 0.1) is 36.0 Å². The number of methoxy groups -OCH3 is 1. The van der Waals surface area contributed by atoms with Gasteiger partial charge in [-0.2, -0.15) is 0 Å². The van der Waals surface area contributed by atoms with Crippen molar-refractivity contribution in [2.75, 3.05) is 69.5 Å². The molecule has 40 heavy (non-hydrogen) atoms. The summed E-state index contributed by atoms with van der Waals surface area (Å²) in [7, 11) is 3.28. The van der Waals surface area contributed by atoms with Crippen molar-refractivity contribution in [2.45, 2.75) is 25.7 Å². The molecular weight excluding hydrogens is 515 g/mol. The lowest BCUT2D eigenvalue weighted by Crippen LogP contribution is -2.35. The van der Waals surface area contributed by atoms with Crippen molar-refractivity contribution in [1.82, 2.24) is 9.88 Å². The summed E-state index contributed by atoms with van der Waals surface area (Å²) in [4.78, 5) is 23.9. The Morgan fingerprint density at radius 2 is 2.15 bits per heavy atom. The normalized spacial score (nSPS) is 16.8. The maximum atomic E-state index is 15.1. The molecule has 1 saturated heterocycles. The fourth-order valence-electron chi connectivity index (χ4n) is 4.91. The fraction of sp³-hybridized carbons (Fsp3) is 0.414. The minimum absolute atomic E-state index is 0.0610. The van der Waals surface area contributed by atoms with E-state index in [9.17, 15) is 9.90 Å². The maximum absolute atomic E-state index is 15.1. The molecule has 11 heteroatoms. The third kappa shape index (κ3) is 6.97. The Kier molecular flexibility index (Phi) is 10.1. The van der Waals surface area contributed by atoms with Crippen LogP contribution in [0.3, 0.4) is 0 Å². The van der Waals surface area contributed by atoms with Crippen molar-refractivity contribution in [3.8, 4) is 5.88 Å². The van der Waals surface area contributed by atoms with E-state index in [1.165, 1.54) is 12.3 Å². The number of piperidine rings is 1. The molecule has 4 N–H and O–H groups in total. The highest BCUT2D eigenvalue weighted by Crippen LogP contribution is 2.34. The summed E-state index contributed by atoms with van der Waals surface area (Å²) in [5.41, 5.74) is 3.37. The standard InChI is InChI=1S/C29H37FN6O4/c1-19-26(17-33-29-27(19)32-10-14-40-29)35-25(6-9-31-2)23(18-37)28(38)34-21-4-5-22(24(30)16-21)20-7-11-36(12-8-20)13-15-39-3/h4-6,9,16-18,20,32,35,37H,7-8,10-15H2,1-3H3,(H,34,38)/b23-18-,25-6+,31-9?. The Morgan fingerprint density at radius 1 is 1.35 bits per heavy atom. The molecule has 10 nitrogen and oxygen atoms in total. The zero-order valence-electron chi connectivity index (χ0n) is 23.2. The van der Waals surface area contributed by atoms with Crippen molar-refractivity contribution in [3.05, 3.63) is 64.9 Å². The van der Waals surface area contributed by atoms with Gasteiger partial charge in [0, 0.05) is 44.7 Å². The van der Waals surface area contributed by atoms with Gasteiger partial charge in [-0.15, -0.1) is 0 Å². The first-order valence-corrected chi connectivity index (χ1v) is 13.4. The second-order valence-corrected chi connectivity index (χ2v) is 9.71. The Labute approximate surface area is 234 Å². The maximum Gasteiger partial charge on any atom is 0.260 e. The molecule has 1 aromatic heterocycles. The summed E-state index contributed by atoms with van der Waals surface area (Å²) in [5, 5.41) is 19.2. The zero-order chi connectivity index (χ0) is 28.5. The van der Waals surface area contributed by atoms with Crippen LogP contribution < -0.4 is 20.7 Å². The number of fused-ring (bicyclic) bond motifs is 1. The van der Waals surface area contributed by atoms with Crippen LogP contribution in [-0.4, -0.2) is 80.7 Å². The minimum atomic E-state index is -0.616. The Balaban J connectivity index is 1.46. The molecule has 2 aliphatic rings. The van der Waals surface area contributed by atoms with E-state index in [4.69, 9.17) is 9.47 Å². The van der Waals surface area contributed by atoms with E-state index in [1.807, 2.05) is 6.92 Å². The van der Waals surface area contributed by atoms with Crippen molar-refractivity contribution in [3.63, 3.8) is 0 Å². The predicted molar refractivity (Wildman–Crippen MR) is 155 cm³/mol. The largest absolute Gasteiger partial charge is 0.515 e. The van der Waals surface area contributed by atoms with Crippen LogP contribution >= 0.6 is 0 Å². The van der Waals surface area contributed by atoms with Crippen LogP contribution in [0.4, 0.5) is 21.5 Å². The lowest BCUT2D eigenvalue weighted by molar-refractivity contribution is -0.112. The molecule has 3 heterocycles. The summed E-state index contributed by atoms with van der Waals surface area (Å²) < 4.78 is 25.9. The van der Waals surface area contributed by atoms with Gasteiger partial charge >= 0.3 is 0 Å². The quantitative estimate of drug-likeness (QED) is 0.150. The molecule has 0 spiro atoms. The number of aliphatic hydroxyl groups excluding tert-OH is 1. The van der Waals surface area contributed by atoms with Crippen molar-refractivity contribution >= 4 is 29.2 Å². The van der Waals surface area contributed by atoms with E-state index in [0.717, 1.165) is 43.7 Å². The number of rotatable bonds is 10. The summed E-state index contributed by atoms with van der Waals surface area (Å²) in [6, 6.07) is 4.75. The van der Waals surface area contributed by atoms with Gasteiger partial charge in [-0.25, -0.2) is 9.37 Å². The van der Waals surface area contributed by atoms with Crippen LogP contribution in [0.1, 0.15) is 29.9 Å². The number of nitrogens with one attached hydrogen (secondary N) is 3. The van der Waals surface area contributed by atoms with Gasteiger partial charge in [0.15, 0.2) is 0 Å². The molecule has 1 aromatic carbocycles. The average molecular weight is 553 g/mol. The van der Waals surface area contributed by atoms with Gasteiger partial charge in [-0.3, -0.25) is 9.79 Å². The highest BCUT2D eigenvalue weighted by Gasteiger charge is 2.24. The molecule has 0 unspecified atom stereocenters. The molecule has 214 valence electrons. The first kappa shape index (κ1) is 29.0. The highest BCUT2D eigenvalue weighted by molar-refractivity contribution is 6.08. The van der Waals surface area contributed by atoms with E-state index < -0.39 is 5.91 Å². The van der Waals surface area contributed by atoms with Crippen LogP contribution in [0, 0.1) is 12.7 Å². The van der Waals surface area contributed by atoms with Crippen molar-refractivity contribution in [2.24, 2.45) is 4.99 Å². The second-order valence-electron chi connectivity index (χ2n) is 9.71. The third-order valence-electron chi connectivity index (χ3n) is 7.17. The van der Waals surface area contributed by atoms with Gasteiger partial charge < -0.3 is 35.4 Å². The number of carbonyl (C=O) groups is 1. The first-order valence-electron chi connectivity index (χ1n) is 13.4. The highest BCUT2D eigenvalue weighted by atomic mass is 19.1. The van der Waals surface area contributed by atoms with Gasteiger partial charge in [0.2, 0.25) is 5.88 Å². The molecule has 2 aromatic rings. The Morgan fingerprint density at radius 3 is 2.85 bits per heavy atom. The first-order chi connectivity index (χ1) is 19.4. The zero-order valence-corrected chi connectivity index (χ0v) is 23.2. The number of ether oxygens (including phenoxy) is 2. The lowest BCUT2D eigenvalue weighted by Gasteiger charge is -2.32. The average Bonchev–Trinajstić information content (AvgIpc) is 2.97. The summed E-state index contributed by atoms with van der Waals surface area (Å²) in [6.07, 6.45) is 7.09. The summed E-state index contributed by atoms with van der Waals surface area (Å²) in [5.74, 6) is -0.348. The van der Waals surface area contributed by atoms with Gasteiger partial charge in [0.1, 0.15) is 18.1 Å². The minimum Gasteiger partial charge on any atom is -0.515 e. The smallest absolute Gasteiger partial charge is 0.260 e. The van der Waals surface area contributed by atoms with E-state index in [-0.39, 0.29) is 23.0 Å². The number of nitrogens with zero attached hydrogens (tertiary/aromatic N) is 3. The number of benzene rings is 1. The lowest BCUT2D eigenvalue weighted by atomic mass is 9.89. The Hall–Kier alpha value is -3.96. The Bertz CT molecular complexity index is 1290. The molecule has 2 aliphatic heterocycles. The SMILES string of the molecule is CN=C/C=C(Nc1cnc2c(c1C)NCCO2)\C(=C\O)C(=O)Nc1ccc(C2CCN(CCOC)CC2)c(F)c1. The molecule has 0 aliphatic carbocycles. The number of carbonyl (C=O) groups excluding carboxylic acids is 1. The fourth-order valence-corrected chi connectivity index (χ4v) is 4.91. The molecule has 1 amide bonds. The van der Waals surface area contributed by atoms with Crippen LogP contribution in [0.2, 0.25) is 0 Å². The number of hydrogen-bond acceptors (Lipinski definition) is 9.